The van der Waals surface area contributed by atoms with Crippen molar-refractivity contribution in [1.29, 1.82) is 0 Å². The quantitative estimate of drug-likeness (QED) is 0.787. The molecule has 2 heterocycles. The van der Waals surface area contributed by atoms with E-state index in [9.17, 15) is 9.90 Å². The van der Waals surface area contributed by atoms with Crippen LogP contribution in [-0.4, -0.2) is 20.6 Å². The van der Waals surface area contributed by atoms with Gasteiger partial charge in [0.1, 0.15) is 11.6 Å². The lowest BCUT2D eigenvalue weighted by atomic mass is 9.89. The number of aromatic nitrogens is 2. The summed E-state index contributed by atoms with van der Waals surface area (Å²) < 4.78 is 19.8. The van der Waals surface area contributed by atoms with Crippen molar-refractivity contribution < 1.29 is 14.3 Å². The van der Waals surface area contributed by atoms with Crippen molar-refractivity contribution in [1.82, 2.24) is 14.3 Å². The van der Waals surface area contributed by atoms with Gasteiger partial charge in [-0.05, 0) is 42.8 Å². The lowest BCUT2D eigenvalue weighted by molar-refractivity contribution is -0.118. The molecule has 0 spiro atoms. The molecule has 4 rings (SSSR count). The topological polar surface area (TPSA) is 67.1 Å². The average Bonchev–Trinajstić information content (AvgIpc) is 3.25. The number of phenolic OH excluding ortho intramolecular Hbond substituents is 1. The number of nitrogens with one attached hydrogen (secondary N) is 1. The summed E-state index contributed by atoms with van der Waals surface area (Å²) in [5.41, 5.74) is 1.09. The summed E-state index contributed by atoms with van der Waals surface area (Å²) in [7, 11) is 0. The SMILES string of the molecule is O=C1CC(c2c(O)ccc(-c3cn(CC4CCCCC4)cn3)c2F)SN1. The van der Waals surface area contributed by atoms with Crippen LogP contribution in [0, 0.1) is 11.7 Å². The van der Waals surface area contributed by atoms with Crippen LogP contribution in [0.4, 0.5) is 4.39 Å². The van der Waals surface area contributed by atoms with Crippen molar-refractivity contribution in [2.45, 2.75) is 50.3 Å². The Kier molecular flexibility index (Phi) is 4.89. The smallest absolute Gasteiger partial charge is 0.231 e. The first-order chi connectivity index (χ1) is 12.6. The summed E-state index contributed by atoms with van der Waals surface area (Å²) in [6, 6.07) is 3.04. The Balaban J connectivity index is 1.59. The number of phenols is 1. The minimum absolute atomic E-state index is 0.123. The highest BCUT2D eigenvalue weighted by Gasteiger charge is 2.30. The summed E-state index contributed by atoms with van der Waals surface area (Å²) >= 11 is 1.14. The maximum absolute atomic E-state index is 15.1. The molecule has 0 radical (unpaired) electrons. The van der Waals surface area contributed by atoms with Crippen LogP contribution in [0.2, 0.25) is 0 Å². The molecular formula is C19H22FN3O2S. The van der Waals surface area contributed by atoms with Gasteiger partial charge in [0, 0.05) is 30.3 Å². The maximum Gasteiger partial charge on any atom is 0.231 e. The first-order valence-electron chi connectivity index (χ1n) is 9.10. The number of imidazole rings is 1. The van der Waals surface area contributed by atoms with E-state index in [1.807, 2.05) is 10.8 Å². The molecule has 1 aliphatic heterocycles. The van der Waals surface area contributed by atoms with E-state index in [-0.39, 0.29) is 23.6 Å². The molecule has 2 aliphatic rings. The van der Waals surface area contributed by atoms with E-state index >= 15 is 4.39 Å². The third-order valence-corrected chi connectivity index (χ3v) is 6.30. The van der Waals surface area contributed by atoms with Crippen molar-refractivity contribution in [2.75, 3.05) is 0 Å². The zero-order valence-electron chi connectivity index (χ0n) is 14.4. The number of amides is 1. The highest BCUT2D eigenvalue weighted by atomic mass is 32.2. The van der Waals surface area contributed by atoms with Crippen LogP contribution < -0.4 is 4.72 Å². The van der Waals surface area contributed by atoms with E-state index in [1.54, 1.807) is 12.4 Å². The number of hydrogen-bond acceptors (Lipinski definition) is 4. The van der Waals surface area contributed by atoms with Crippen molar-refractivity contribution in [3.05, 3.63) is 36.0 Å². The number of hydrogen-bond donors (Lipinski definition) is 2. The van der Waals surface area contributed by atoms with E-state index in [0.717, 1.165) is 18.5 Å². The van der Waals surface area contributed by atoms with Crippen molar-refractivity contribution in [2.24, 2.45) is 5.92 Å². The van der Waals surface area contributed by atoms with E-state index < -0.39 is 11.1 Å². The molecule has 1 amide bonds. The molecule has 0 bridgehead atoms. The fraction of sp³-hybridized carbons (Fsp3) is 0.474. The van der Waals surface area contributed by atoms with Gasteiger partial charge in [-0.25, -0.2) is 9.37 Å². The molecule has 1 aromatic carbocycles. The van der Waals surface area contributed by atoms with E-state index in [4.69, 9.17) is 0 Å². The molecule has 1 saturated carbocycles. The Bertz CT molecular complexity index is 817. The lowest BCUT2D eigenvalue weighted by Gasteiger charge is -2.21. The number of carbonyl (C=O) groups excluding carboxylic acids is 1. The molecule has 1 aromatic heterocycles. The highest BCUT2D eigenvalue weighted by Crippen LogP contribution is 2.43. The molecule has 1 saturated heterocycles. The third-order valence-electron chi connectivity index (χ3n) is 5.27. The fourth-order valence-electron chi connectivity index (χ4n) is 3.90. The van der Waals surface area contributed by atoms with Gasteiger partial charge in [0.05, 0.1) is 17.3 Å². The second-order valence-electron chi connectivity index (χ2n) is 7.16. The van der Waals surface area contributed by atoms with E-state index in [2.05, 4.69) is 9.71 Å². The van der Waals surface area contributed by atoms with Gasteiger partial charge in [-0.15, -0.1) is 0 Å². The van der Waals surface area contributed by atoms with Gasteiger partial charge in [0.25, 0.3) is 0 Å². The molecule has 26 heavy (non-hydrogen) atoms. The molecule has 7 heteroatoms. The van der Waals surface area contributed by atoms with Crippen LogP contribution >= 0.6 is 11.9 Å². The van der Waals surface area contributed by atoms with E-state index in [0.29, 0.717) is 17.2 Å². The number of halogens is 1. The molecule has 2 N–H and O–H groups in total. The van der Waals surface area contributed by atoms with Crippen molar-refractivity contribution in [3.8, 4) is 17.0 Å². The van der Waals surface area contributed by atoms with Gasteiger partial charge < -0.3 is 9.67 Å². The zero-order chi connectivity index (χ0) is 18.1. The molecule has 2 aromatic rings. The van der Waals surface area contributed by atoms with Gasteiger partial charge in [-0.2, -0.15) is 0 Å². The summed E-state index contributed by atoms with van der Waals surface area (Å²) in [4.78, 5) is 15.8. The summed E-state index contributed by atoms with van der Waals surface area (Å²) in [6.07, 6.45) is 10.2. The molecular weight excluding hydrogens is 353 g/mol. The fourth-order valence-corrected chi connectivity index (χ4v) is 4.84. The van der Waals surface area contributed by atoms with Gasteiger partial charge in [0.2, 0.25) is 5.91 Å². The predicted molar refractivity (Wildman–Crippen MR) is 99.0 cm³/mol. The molecule has 1 unspecified atom stereocenters. The molecule has 2 fully saturated rings. The Morgan fingerprint density at radius 2 is 2.12 bits per heavy atom. The Labute approximate surface area is 156 Å². The largest absolute Gasteiger partial charge is 0.508 e. The summed E-state index contributed by atoms with van der Waals surface area (Å²) in [5, 5.41) is 9.69. The van der Waals surface area contributed by atoms with Gasteiger partial charge in [-0.3, -0.25) is 9.52 Å². The zero-order valence-corrected chi connectivity index (χ0v) is 15.3. The van der Waals surface area contributed by atoms with Gasteiger partial charge in [-0.1, -0.05) is 19.3 Å². The first-order valence-corrected chi connectivity index (χ1v) is 9.98. The second-order valence-corrected chi connectivity index (χ2v) is 8.16. The second kappa shape index (κ2) is 7.31. The maximum atomic E-state index is 15.1. The van der Waals surface area contributed by atoms with Crippen LogP contribution in [-0.2, 0) is 11.3 Å². The highest BCUT2D eigenvalue weighted by molar-refractivity contribution is 7.98. The molecule has 138 valence electrons. The van der Waals surface area contributed by atoms with Gasteiger partial charge in [0.15, 0.2) is 0 Å². The minimum atomic E-state index is -0.498. The van der Waals surface area contributed by atoms with Crippen LogP contribution in [0.1, 0.15) is 49.3 Å². The molecule has 5 nitrogen and oxygen atoms in total. The molecule has 1 aliphatic carbocycles. The molecule has 1 atom stereocenters. The standard InChI is InChI=1S/C19H22FN3O2S/c20-19-13(6-7-15(24)18(19)16-8-17(25)22-26-16)14-10-23(11-21-14)9-12-4-2-1-3-5-12/h6-7,10-12,16,24H,1-5,8-9H2,(H,22,25). The normalized spacial score (nSPS) is 21.1. The first kappa shape index (κ1) is 17.4. The predicted octanol–water partition coefficient (Wildman–Crippen LogP) is 4.18. The van der Waals surface area contributed by atoms with Gasteiger partial charge >= 0.3 is 0 Å². The Morgan fingerprint density at radius 1 is 1.31 bits per heavy atom. The van der Waals surface area contributed by atoms with Crippen LogP contribution in [0.3, 0.4) is 0 Å². The Hall–Kier alpha value is -2.02. The minimum Gasteiger partial charge on any atom is -0.508 e. The number of rotatable bonds is 4. The number of nitrogens with zero attached hydrogens (tertiary/aromatic N) is 2. The van der Waals surface area contributed by atoms with Crippen LogP contribution in [0.15, 0.2) is 24.7 Å². The summed E-state index contributed by atoms with van der Waals surface area (Å²) in [5.74, 6) is -0.109. The van der Waals surface area contributed by atoms with Crippen LogP contribution in [0.25, 0.3) is 11.3 Å². The van der Waals surface area contributed by atoms with Crippen molar-refractivity contribution >= 4 is 17.9 Å². The van der Waals surface area contributed by atoms with Crippen molar-refractivity contribution in [3.63, 3.8) is 0 Å². The lowest BCUT2D eigenvalue weighted by Crippen LogP contribution is -2.12. The third kappa shape index (κ3) is 3.45. The number of aromatic hydroxyl groups is 1. The van der Waals surface area contributed by atoms with Crippen LogP contribution in [0.5, 0.6) is 5.75 Å². The number of carbonyl (C=O) groups is 1. The summed E-state index contributed by atoms with van der Waals surface area (Å²) in [6.45, 7) is 0.913. The Morgan fingerprint density at radius 3 is 2.85 bits per heavy atom. The number of benzene rings is 1. The monoisotopic (exact) mass is 375 g/mol. The van der Waals surface area contributed by atoms with E-state index in [1.165, 1.54) is 38.2 Å². The average molecular weight is 375 g/mol.